The minimum absolute atomic E-state index is 0.123. The van der Waals surface area contributed by atoms with Gasteiger partial charge in [0.1, 0.15) is 0 Å². The molecule has 2 aromatic carbocycles. The van der Waals surface area contributed by atoms with Crippen molar-refractivity contribution in [3.8, 4) is 0 Å². The molecule has 0 amide bonds. The number of alkyl halides is 3. The Morgan fingerprint density at radius 3 is 2.32 bits per heavy atom. The molecule has 1 nitrogen and oxygen atoms in total. The fraction of sp³-hybridized carbons (Fsp3) is 0.250. The quantitative estimate of drug-likeness (QED) is 0.737. The summed E-state index contributed by atoms with van der Waals surface area (Å²) in [5, 5.41) is 0.638. The Bertz CT molecular complexity index is 614. The molecule has 2 N–H and O–H groups in total. The second-order valence-electron chi connectivity index (χ2n) is 4.85. The number of hydrogen-bond acceptors (Lipinski definition) is 2. The van der Waals surface area contributed by atoms with Crippen LogP contribution in [0.25, 0.3) is 0 Å². The average Bonchev–Trinajstić information content (AvgIpc) is 2.47. The van der Waals surface area contributed by atoms with Gasteiger partial charge in [-0.2, -0.15) is 13.2 Å². The van der Waals surface area contributed by atoms with Gasteiger partial charge in [-0.15, -0.1) is 0 Å². The SMILES string of the molecule is N[C@H](CCC(F)(F)F)c1ccccc1Sc1ccc(Cl)cc1. The second-order valence-corrected chi connectivity index (χ2v) is 6.41. The van der Waals surface area contributed by atoms with Crippen molar-refractivity contribution in [1.29, 1.82) is 0 Å². The van der Waals surface area contributed by atoms with E-state index in [-0.39, 0.29) is 6.42 Å². The van der Waals surface area contributed by atoms with Gasteiger partial charge in [0.05, 0.1) is 0 Å². The minimum Gasteiger partial charge on any atom is -0.324 e. The monoisotopic (exact) mass is 345 g/mol. The molecule has 118 valence electrons. The van der Waals surface area contributed by atoms with Gasteiger partial charge >= 0.3 is 6.18 Å². The fourth-order valence-electron chi connectivity index (χ4n) is 1.98. The Kier molecular flexibility index (Phi) is 5.78. The largest absolute Gasteiger partial charge is 0.389 e. The number of hydrogen-bond donors (Lipinski definition) is 1. The van der Waals surface area contributed by atoms with Crippen LogP contribution < -0.4 is 5.73 Å². The van der Waals surface area contributed by atoms with Crippen LogP contribution in [0, 0.1) is 0 Å². The van der Waals surface area contributed by atoms with Crippen LogP contribution in [-0.2, 0) is 0 Å². The van der Waals surface area contributed by atoms with E-state index in [9.17, 15) is 13.2 Å². The van der Waals surface area contributed by atoms with Gasteiger partial charge in [-0.3, -0.25) is 0 Å². The molecule has 0 aromatic heterocycles. The second kappa shape index (κ2) is 7.40. The Morgan fingerprint density at radius 2 is 1.68 bits per heavy atom. The summed E-state index contributed by atoms with van der Waals surface area (Å²) >= 11 is 7.31. The van der Waals surface area contributed by atoms with Crippen LogP contribution in [0.4, 0.5) is 13.2 Å². The Balaban J connectivity index is 2.14. The van der Waals surface area contributed by atoms with Crippen molar-refractivity contribution in [1.82, 2.24) is 0 Å². The molecule has 2 aromatic rings. The van der Waals surface area contributed by atoms with Gasteiger partial charge in [0, 0.05) is 27.3 Å². The molecule has 0 bridgehead atoms. The Morgan fingerprint density at radius 1 is 1.05 bits per heavy atom. The maximum Gasteiger partial charge on any atom is 0.389 e. The zero-order valence-electron chi connectivity index (χ0n) is 11.6. The first-order valence-electron chi connectivity index (χ1n) is 6.70. The predicted molar refractivity (Wildman–Crippen MR) is 84.2 cm³/mol. The fourth-order valence-corrected chi connectivity index (χ4v) is 3.12. The maximum atomic E-state index is 12.3. The van der Waals surface area contributed by atoms with E-state index in [1.807, 2.05) is 24.3 Å². The van der Waals surface area contributed by atoms with Crippen LogP contribution in [-0.4, -0.2) is 6.18 Å². The number of benzene rings is 2. The van der Waals surface area contributed by atoms with Gasteiger partial charge in [0.2, 0.25) is 0 Å². The molecule has 22 heavy (non-hydrogen) atoms. The van der Waals surface area contributed by atoms with Crippen molar-refractivity contribution in [2.45, 2.75) is 34.9 Å². The summed E-state index contributed by atoms with van der Waals surface area (Å²) in [4.78, 5) is 1.82. The topological polar surface area (TPSA) is 26.0 Å². The third-order valence-electron chi connectivity index (χ3n) is 3.10. The molecule has 0 radical (unpaired) electrons. The van der Waals surface area contributed by atoms with Crippen molar-refractivity contribution < 1.29 is 13.2 Å². The number of rotatable bonds is 5. The summed E-state index contributed by atoms with van der Waals surface area (Å²) in [7, 11) is 0. The number of halogens is 4. The first-order chi connectivity index (χ1) is 10.3. The summed E-state index contributed by atoms with van der Waals surface area (Å²) in [6.07, 6.45) is -5.19. The van der Waals surface area contributed by atoms with E-state index in [2.05, 4.69) is 0 Å². The molecular weight excluding hydrogens is 331 g/mol. The van der Waals surface area contributed by atoms with Gasteiger partial charge in [0.25, 0.3) is 0 Å². The van der Waals surface area contributed by atoms with Gasteiger partial charge in [-0.1, -0.05) is 41.6 Å². The highest BCUT2D eigenvalue weighted by Crippen LogP contribution is 2.35. The molecule has 2 rings (SSSR count). The van der Waals surface area contributed by atoms with E-state index in [1.54, 1.807) is 24.3 Å². The Hall–Kier alpha value is -1.17. The van der Waals surface area contributed by atoms with Crippen LogP contribution in [0.1, 0.15) is 24.4 Å². The predicted octanol–water partition coefficient (Wildman–Crippen LogP) is 5.83. The van der Waals surface area contributed by atoms with E-state index < -0.39 is 18.6 Å². The lowest BCUT2D eigenvalue weighted by atomic mass is 10.0. The van der Waals surface area contributed by atoms with E-state index in [0.717, 1.165) is 15.4 Å². The maximum absolute atomic E-state index is 12.3. The van der Waals surface area contributed by atoms with Crippen LogP contribution in [0.3, 0.4) is 0 Å². The summed E-state index contributed by atoms with van der Waals surface area (Å²) in [6.45, 7) is 0. The highest BCUT2D eigenvalue weighted by atomic mass is 35.5. The molecule has 1 atom stereocenters. The normalized spacial score (nSPS) is 13.1. The molecule has 0 aliphatic rings. The third kappa shape index (κ3) is 5.23. The molecule has 0 fully saturated rings. The van der Waals surface area contributed by atoms with E-state index >= 15 is 0 Å². The van der Waals surface area contributed by atoms with Gasteiger partial charge < -0.3 is 5.73 Å². The zero-order chi connectivity index (χ0) is 16.2. The minimum atomic E-state index is -4.18. The lowest BCUT2D eigenvalue weighted by molar-refractivity contribution is -0.136. The molecule has 0 unspecified atom stereocenters. The van der Waals surface area contributed by atoms with E-state index in [0.29, 0.717) is 5.02 Å². The molecule has 0 heterocycles. The standard InChI is InChI=1S/C16H15ClF3NS/c17-11-5-7-12(8-6-11)22-15-4-2-1-3-13(15)14(21)9-10-16(18,19)20/h1-8,14H,9-10,21H2/t14-/m1/s1. The first-order valence-corrected chi connectivity index (χ1v) is 7.89. The lowest BCUT2D eigenvalue weighted by Gasteiger charge is -2.17. The van der Waals surface area contributed by atoms with Gasteiger partial charge in [-0.05, 0) is 42.3 Å². The average molecular weight is 346 g/mol. The third-order valence-corrected chi connectivity index (χ3v) is 4.45. The molecule has 0 saturated carbocycles. The van der Waals surface area contributed by atoms with Crippen molar-refractivity contribution in [2.75, 3.05) is 0 Å². The molecular formula is C16H15ClF3NS. The Labute approximate surface area is 136 Å². The highest BCUT2D eigenvalue weighted by molar-refractivity contribution is 7.99. The van der Waals surface area contributed by atoms with Crippen molar-refractivity contribution in [3.63, 3.8) is 0 Å². The van der Waals surface area contributed by atoms with Gasteiger partial charge in [0.15, 0.2) is 0 Å². The number of nitrogens with two attached hydrogens (primary N) is 1. The van der Waals surface area contributed by atoms with Gasteiger partial charge in [-0.25, -0.2) is 0 Å². The summed E-state index contributed by atoms with van der Waals surface area (Å²) < 4.78 is 37.0. The molecule has 0 aliphatic carbocycles. The van der Waals surface area contributed by atoms with Crippen molar-refractivity contribution >= 4 is 23.4 Å². The highest BCUT2D eigenvalue weighted by Gasteiger charge is 2.28. The van der Waals surface area contributed by atoms with Crippen LogP contribution in [0.15, 0.2) is 58.3 Å². The van der Waals surface area contributed by atoms with Crippen LogP contribution >= 0.6 is 23.4 Å². The van der Waals surface area contributed by atoms with E-state index in [1.165, 1.54) is 11.8 Å². The molecule has 0 saturated heterocycles. The van der Waals surface area contributed by atoms with Crippen LogP contribution in [0.5, 0.6) is 0 Å². The van der Waals surface area contributed by atoms with Crippen molar-refractivity contribution in [3.05, 3.63) is 59.1 Å². The van der Waals surface area contributed by atoms with Crippen LogP contribution in [0.2, 0.25) is 5.02 Å². The molecule has 0 aliphatic heterocycles. The lowest BCUT2D eigenvalue weighted by Crippen LogP contribution is -2.16. The van der Waals surface area contributed by atoms with Crippen molar-refractivity contribution in [2.24, 2.45) is 5.73 Å². The smallest absolute Gasteiger partial charge is 0.324 e. The summed E-state index contributed by atoms with van der Waals surface area (Å²) in [6, 6.07) is 13.9. The zero-order valence-corrected chi connectivity index (χ0v) is 13.2. The molecule has 0 spiro atoms. The summed E-state index contributed by atoms with van der Waals surface area (Å²) in [5.74, 6) is 0. The summed E-state index contributed by atoms with van der Waals surface area (Å²) in [5.41, 5.74) is 6.67. The first kappa shape index (κ1) is 17.2. The molecule has 6 heteroatoms. The van der Waals surface area contributed by atoms with E-state index in [4.69, 9.17) is 17.3 Å².